The van der Waals surface area contributed by atoms with Gasteiger partial charge in [0.2, 0.25) is 0 Å². The molecule has 1 fully saturated rings. The average molecular weight is 413 g/mol. The zero-order valence-electron chi connectivity index (χ0n) is 16.8. The van der Waals surface area contributed by atoms with Gasteiger partial charge in [-0.15, -0.1) is 0 Å². The Kier molecular flexibility index (Phi) is 5.69. The zero-order valence-corrected chi connectivity index (χ0v) is 17.6. The molecule has 0 aliphatic carbocycles. The van der Waals surface area contributed by atoms with Gasteiger partial charge >= 0.3 is 0 Å². The Hall–Kier alpha value is -2.64. The highest BCUT2D eigenvalue weighted by molar-refractivity contribution is 7.22. The number of benzene rings is 2. The van der Waals surface area contributed by atoms with E-state index in [0.717, 1.165) is 35.2 Å². The molecule has 29 heavy (non-hydrogen) atoms. The molecule has 2 aromatic carbocycles. The molecule has 2 heterocycles. The van der Waals surface area contributed by atoms with Crippen LogP contribution >= 0.6 is 11.3 Å². The van der Waals surface area contributed by atoms with Crippen molar-refractivity contribution in [1.82, 2.24) is 4.98 Å². The minimum absolute atomic E-state index is 0.0135. The maximum absolute atomic E-state index is 13.6. The van der Waals surface area contributed by atoms with Crippen LogP contribution in [0.2, 0.25) is 0 Å². The normalized spacial score (nSPS) is 16.2. The second kappa shape index (κ2) is 8.39. The maximum atomic E-state index is 13.6. The SMILES string of the molecule is COc1cc(OC)cc(C(=O)N(CC2CCCO2)c2nc3c(C)cccc3s2)c1. The number of amides is 1. The standard InChI is InChI=1S/C22H24N2O4S/c1-14-6-4-8-19-20(14)23-22(29-19)24(13-16-7-5-9-28-16)21(25)15-10-17(26-2)12-18(11-15)27-3/h4,6,8,10-12,16H,5,7,9,13H2,1-3H3. The van der Waals surface area contributed by atoms with E-state index in [0.29, 0.717) is 28.7 Å². The largest absolute Gasteiger partial charge is 0.497 e. The summed E-state index contributed by atoms with van der Waals surface area (Å²) in [5.74, 6) is 1.00. The third kappa shape index (κ3) is 4.06. The van der Waals surface area contributed by atoms with E-state index in [2.05, 4.69) is 0 Å². The van der Waals surface area contributed by atoms with Crippen molar-refractivity contribution in [3.8, 4) is 11.5 Å². The summed E-state index contributed by atoms with van der Waals surface area (Å²) in [7, 11) is 3.15. The molecular weight excluding hydrogens is 388 g/mol. The summed E-state index contributed by atoms with van der Waals surface area (Å²) in [6, 6.07) is 11.3. The van der Waals surface area contributed by atoms with Gasteiger partial charge in [-0.25, -0.2) is 4.98 Å². The molecule has 1 aliphatic heterocycles. The third-order valence-corrected chi connectivity index (χ3v) is 6.14. The molecule has 0 radical (unpaired) electrons. The molecule has 3 aromatic rings. The quantitative estimate of drug-likeness (QED) is 0.599. The molecule has 1 atom stereocenters. The number of anilines is 1. The molecule has 1 saturated heterocycles. The van der Waals surface area contributed by atoms with Crippen LogP contribution in [-0.4, -0.2) is 44.4 Å². The number of rotatable bonds is 6. The van der Waals surface area contributed by atoms with Crippen LogP contribution in [0.4, 0.5) is 5.13 Å². The number of carbonyl (C=O) groups excluding carboxylic acids is 1. The van der Waals surface area contributed by atoms with Crippen molar-refractivity contribution >= 4 is 32.6 Å². The number of nitrogens with zero attached hydrogens (tertiary/aromatic N) is 2. The van der Waals surface area contributed by atoms with Crippen LogP contribution in [0.1, 0.15) is 28.8 Å². The van der Waals surface area contributed by atoms with Crippen LogP contribution in [0.15, 0.2) is 36.4 Å². The number of carbonyl (C=O) groups is 1. The van der Waals surface area contributed by atoms with Gasteiger partial charge in [0.15, 0.2) is 5.13 Å². The van der Waals surface area contributed by atoms with Gasteiger partial charge in [0.1, 0.15) is 11.5 Å². The lowest BCUT2D eigenvalue weighted by molar-refractivity contribution is 0.0917. The second-order valence-electron chi connectivity index (χ2n) is 7.07. The fourth-order valence-electron chi connectivity index (χ4n) is 3.52. The molecule has 1 unspecified atom stereocenters. The number of para-hydroxylation sites is 1. The Bertz CT molecular complexity index is 1000. The van der Waals surface area contributed by atoms with Crippen molar-refractivity contribution < 1.29 is 19.0 Å². The average Bonchev–Trinajstić information content (AvgIpc) is 3.41. The van der Waals surface area contributed by atoms with Gasteiger partial charge in [-0.2, -0.15) is 0 Å². The maximum Gasteiger partial charge on any atom is 0.260 e. The first-order valence-electron chi connectivity index (χ1n) is 9.61. The van der Waals surface area contributed by atoms with Crippen LogP contribution in [0, 0.1) is 6.92 Å². The summed E-state index contributed by atoms with van der Waals surface area (Å²) in [6.07, 6.45) is 1.97. The monoisotopic (exact) mass is 412 g/mol. The highest BCUT2D eigenvalue weighted by Gasteiger charge is 2.28. The Labute approximate surface area is 174 Å². The first-order chi connectivity index (χ1) is 14.1. The lowest BCUT2D eigenvalue weighted by atomic mass is 10.1. The fraction of sp³-hybridized carbons (Fsp3) is 0.364. The number of ether oxygens (including phenoxy) is 3. The molecule has 1 aromatic heterocycles. The van der Waals surface area contributed by atoms with Crippen molar-refractivity contribution in [3.63, 3.8) is 0 Å². The lowest BCUT2D eigenvalue weighted by Crippen LogP contribution is -2.37. The molecule has 152 valence electrons. The number of thiazole rings is 1. The van der Waals surface area contributed by atoms with Crippen molar-refractivity contribution in [2.24, 2.45) is 0 Å². The minimum Gasteiger partial charge on any atom is -0.497 e. The summed E-state index contributed by atoms with van der Waals surface area (Å²) in [6.45, 7) is 3.24. The summed E-state index contributed by atoms with van der Waals surface area (Å²) >= 11 is 1.52. The predicted octanol–water partition coefficient (Wildman–Crippen LogP) is 4.45. The highest BCUT2D eigenvalue weighted by atomic mass is 32.1. The van der Waals surface area contributed by atoms with Crippen LogP contribution in [0.25, 0.3) is 10.2 Å². The third-order valence-electron chi connectivity index (χ3n) is 5.09. The van der Waals surface area contributed by atoms with Crippen LogP contribution in [0.3, 0.4) is 0 Å². The topological polar surface area (TPSA) is 60.9 Å². The first-order valence-corrected chi connectivity index (χ1v) is 10.4. The number of methoxy groups -OCH3 is 2. The molecule has 0 N–H and O–H groups in total. The number of aromatic nitrogens is 1. The summed E-state index contributed by atoms with van der Waals surface area (Å²) in [5.41, 5.74) is 2.52. The molecule has 1 amide bonds. The van der Waals surface area contributed by atoms with E-state index in [4.69, 9.17) is 19.2 Å². The van der Waals surface area contributed by atoms with E-state index < -0.39 is 0 Å². The van der Waals surface area contributed by atoms with Gasteiger partial charge in [-0.05, 0) is 43.5 Å². The fourth-order valence-corrected chi connectivity index (χ4v) is 4.57. The smallest absolute Gasteiger partial charge is 0.260 e. The molecular formula is C22H24N2O4S. The molecule has 0 saturated carbocycles. The van der Waals surface area contributed by atoms with E-state index in [1.54, 1.807) is 37.3 Å². The summed E-state index contributed by atoms with van der Waals surface area (Å²) in [5, 5.41) is 0.677. The number of hydrogen-bond donors (Lipinski definition) is 0. The highest BCUT2D eigenvalue weighted by Crippen LogP contribution is 2.33. The van der Waals surface area contributed by atoms with Crippen molar-refractivity contribution in [2.75, 3.05) is 32.3 Å². The Morgan fingerprint density at radius 2 is 2.00 bits per heavy atom. The molecule has 0 spiro atoms. The van der Waals surface area contributed by atoms with Gasteiger partial charge in [-0.1, -0.05) is 23.5 Å². The number of fused-ring (bicyclic) bond motifs is 1. The van der Waals surface area contributed by atoms with Crippen LogP contribution in [-0.2, 0) is 4.74 Å². The Balaban J connectivity index is 1.75. The molecule has 6 nitrogen and oxygen atoms in total. The minimum atomic E-state index is -0.144. The van der Waals surface area contributed by atoms with E-state index in [9.17, 15) is 4.79 Å². The number of aryl methyl sites for hydroxylation is 1. The second-order valence-corrected chi connectivity index (χ2v) is 8.08. The van der Waals surface area contributed by atoms with Crippen LogP contribution in [0.5, 0.6) is 11.5 Å². The van der Waals surface area contributed by atoms with Crippen molar-refractivity contribution in [1.29, 1.82) is 0 Å². The molecule has 0 bridgehead atoms. The predicted molar refractivity (Wildman–Crippen MR) is 115 cm³/mol. The van der Waals surface area contributed by atoms with Gasteiger partial charge in [-0.3, -0.25) is 9.69 Å². The number of hydrogen-bond acceptors (Lipinski definition) is 6. The van der Waals surface area contributed by atoms with E-state index in [-0.39, 0.29) is 12.0 Å². The van der Waals surface area contributed by atoms with Gasteiger partial charge in [0.05, 0.1) is 37.1 Å². The Morgan fingerprint density at radius 1 is 1.24 bits per heavy atom. The molecule has 1 aliphatic rings. The van der Waals surface area contributed by atoms with Gasteiger partial charge in [0, 0.05) is 18.2 Å². The summed E-state index contributed by atoms with van der Waals surface area (Å²) in [4.78, 5) is 20.1. The van der Waals surface area contributed by atoms with Crippen molar-refractivity contribution in [3.05, 3.63) is 47.5 Å². The Morgan fingerprint density at radius 3 is 2.62 bits per heavy atom. The van der Waals surface area contributed by atoms with Crippen LogP contribution < -0.4 is 14.4 Å². The zero-order chi connectivity index (χ0) is 20.4. The molecule has 4 rings (SSSR count). The van der Waals surface area contributed by atoms with E-state index in [1.807, 2.05) is 25.1 Å². The summed E-state index contributed by atoms with van der Waals surface area (Å²) < 4.78 is 17.6. The van der Waals surface area contributed by atoms with Gasteiger partial charge < -0.3 is 14.2 Å². The van der Waals surface area contributed by atoms with E-state index >= 15 is 0 Å². The first kappa shape index (κ1) is 19.7. The van der Waals surface area contributed by atoms with Crippen molar-refractivity contribution in [2.45, 2.75) is 25.9 Å². The molecule has 7 heteroatoms. The van der Waals surface area contributed by atoms with E-state index in [1.165, 1.54) is 11.3 Å². The van der Waals surface area contributed by atoms with Gasteiger partial charge in [0.25, 0.3) is 5.91 Å². The lowest BCUT2D eigenvalue weighted by Gasteiger charge is -2.23.